The summed E-state index contributed by atoms with van der Waals surface area (Å²) in [7, 11) is 0. The van der Waals surface area contributed by atoms with Crippen LogP contribution in [-0.2, 0) is 9.63 Å². The Morgan fingerprint density at radius 2 is 2.00 bits per heavy atom. The van der Waals surface area contributed by atoms with E-state index in [0.717, 1.165) is 0 Å². The van der Waals surface area contributed by atoms with Gasteiger partial charge < -0.3 is 0 Å². The summed E-state index contributed by atoms with van der Waals surface area (Å²) in [4.78, 5) is 17.7. The highest BCUT2D eigenvalue weighted by Crippen LogP contribution is 2.39. The number of carbonyl (C=O) groups is 1. The summed E-state index contributed by atoms with van der Waals surface area (Å²) in [6.45, 7) is 5.56. The van der Waals surface area contributed by atoms with Gasteiger partial charge in [0.05, 0.1) is 22.2 Å². The molecule has 1 aromatic carbocycles. The molecule has 2 rings (SSSR count). The SMILES string of the molecule is CC1ON(c2ccc(Cl)cc2Cl)C(=O)C1(C)C. The average Bonchev–Trinajstić information content (AvgIpc) is 2.43. The molecular weight excluding hydrogens is 261 g/mol. The molecule has 1 aliphatic heterocycles. The fraction of sp³-hybridized carbons (Fsp3) is 0.417. The predicted octanol–water partition coefficient (Wildman–Crippen LogP) is 3.69. The number of hydrogen-bond donors (Lipinski definition) is 0. The molecule has 1 heterocycles. The van der Waals surface area contributed by atoms with Crippen molar-refractivity contribution in [2.75, 3.05) is 5.06 Å². The van der Waals surface area contributed by atoms with E-state index in [1.54, 1.807) is 18.2 Å². The first-order chi connectivity index (χ1) is 7.84. The van der Waals surface area contributed by atoms with Crippen molar-refractivity contribution >= 4 is 34.8 Å². The minimum absolute atomic E-state index is 0.103. The van der Waals surface area contributed by atoms with Crippen LogP contribution in [0, 0.1) is 5.41 Å². The Morgan fingerprint density at radius 1 is 1.35 bits per heavy atom. The third-order valence-electron chi connectivity index (χ3n) is 3.14. The highest BCUT2D eigenvalue weighted by Gasteiger charge is 2.47. The van der Waals surface area contributed by atoms with Crippen molar-refractivity contribution in [2.45, 2.75) is 26.9 Å². The molecule has 1 amide bonds. The third kappa shape index (κ3) is 2.03. The Hall–Kier alpha value is -0.770. The molecule has 5 heteroatoms. The van der Waals surface area contributed by atoms with Crippen molar-refractivity contribution in [2.24, 2.45) is 5.41 Å². The van der Waals surface area contributed by atoms with Crippen LogP contribution in [0.25, 0.3) is 0 Å². The van der Waals surface area contributed by atoms with Crippen molar-refractivity contribution in [3.63, 3.8) is 0 Å². The van der Waals surface area contributed by atoms with Gasteiger partial charge in [0.15, 0.2) is 0 Å². The lowest BCUT2D eigenvalue weighted by atomic mass is 9.87. The number of nitrogens with zero attached hydrogens (tertiary/aromatic N) is 1. The number of carbonyl (C=O) groups excluding carboxylic acids is 1. The van der Waals surface area contributed by atoms with E-state index in [1.807, 2.05) is 20.8 Å². The second-order valence-corrected chi connectivity index (χ2v) is 5.51. The molecule has 1 aliphatic rings. The molecule has 3 nitrogen and oxygen atoms in total. The average molecular weight is 274 g/mol. The van der Waals surface area contributed by atoms with Gasteiger partial charge in [-0.2, -0.15) is 5.06 Å². The zero-order chi connectivity index (χ0) is 12.8. The standard InChI is InChI=1S/C12H13Cl2NO2/c1-7-12(2,3)11(16)15(17-7)10-5-4-8(13)6-9(10)14/h4-7H,1-3H3. The van der Waals surface area contributed by atoms with Gasteiger partial charge in [0.2, 0.25) is 0 Å². The molecule has 1 fully saturated rings. The van der Waals surface area contributed by atoms with Gasteiger partial charge in [0, 0.05) is 5.02 Å². The van der Waals surface area contributed by atoms with E-state index in [4.69, 9.17) is 28.0 Å². The first-order valence-electron chi connectivity index (χ1n) is 5.30. The maximum Gasteiger partial charge on any atom is 0.259 e. The topological polar surface area (TPSA) is 29.5 Å². The lowest BCUT2D eigenvalue weighted by Crippen LogP contribution is -2.32. The van der Waals surface area contributed by atoms with Gasteiger partial charge in [-0.1, -0.05) is 23.2 Å². The molecule has 0 saturated carbocycles. The molecule has 0 aromatic heterocycles. The number of rotatable bonds is 1. The molecule has 0 aliphatic carbocycles. The van der Waals surface area contributed by atoms with Crippen LogP contribution < -0.4 is 5.06 Å². The number of halogens is 2. The van der Waals surface area contributed by atoms with Gasteiger partial charge in [-0.25, -0.2) is 0 Å². The summed E-state index contributed by atoms with van der Waals surface area (Å²) in [6, 6.07) is 4.94. The highest BCUT2D eigenvalue weighted by atomic mass is 35.5. The van der Waals surface area contributed by atoms with Crippen molar-refractivity contribution < 1.29 is 9.63 Å². The van der Waals surface area contributed by atoms with E-state index in [0.29, 0.717) is 15.7 Å². The van der Waals surface area contributed by atoms with E-state index < -0.39 is 5.41 Å². The first-order valence-corrected chi connectivity index (χ1v) is 6.06. The Kier molecular flexibility index (Phi) is 3.10. The summed E-state index contributed by atoms with van der Waals surface area (Å²) in [5, 5.41) is 2.18. The van der Waals surface area contributed by atoms with Gasteiger partial charge in [-0.05, 0) is 39.0 Å². The lowest BCUT2D eigenvalue weighted by Gasteiger charge is -2.17. The Bertz CT molecular complexity index is 474. The van der Waals surface area contributed by atoms with Gasteiger partial charge >= 0.3 is 0 Å². The summed E-state index contributed by atoms with van der Waals surface area (Å²) in [6.07, 6.45) is -0.193. The van der Waals surface area contributed by atoms with E-state index in [-0.39, 0.29) is 12.0 Å². The summed E-state index contributed by atoms with van der Waals surface area (Å²) < 4.78 is 0. The van der Waals surface area contributed by atoms with Gasteiger partial charge in [0.25, 0.3) is 5.91 Å². The molecule has 1 aromatic rings. The number of hydrogen-bond acceptors (Lipinski definition) is 2. The van der Waals surface area contributed by atoms with Gasteiger partial charge in [-0.3, -0.25) is 9.63 Å². The van der Waals surface area contributed by atoms with Crippen LogP contribution in [0.5, 0.6) is 0 Å². The number of amides is 1. The molecular formula is C12H13Cl2NO2. The molecule has 92 valence electrons. The maximum absolute atomic E-state index is 12.2. The Labute approximate surface area is 110 Å². The van der Waals surface area contributed by atoms with Crippen LogP contribution >= 0.6 is 23.2 Å². The zero-order valence-corrected chi connectivity index (χ0v) is 11.3. The van der Waals surface area contributed by atoms with Crippen molar-refractivity contribution in [3.8, 4) is 0 Å². The smallest absolute Gasteiger partial charge is 0.259 e. The fourth-order valence-corrected chi connectivity index (χ4v) is 2.07. The highest BCUT2D eigenvalue weighted by molar-refractivity contribution is 6.36. The maximum atomic E-state index is 12.2. The normalized spacial score (nSPS) is 23.2. The van der Waals surface area contributed by atoms with Crippen LogP contribution in [0.2, 0.25) is 10.0 Å². The van der Waals surface area contributed by atoms with Crippen LogP contribution in [0.4, 0.5) is 5.69 Å². The molecule has 0 bridgehead atoms. The lowest BCUT2D eigenvalue weighted by molar-refractivity contribution is -0.124. The van der Waals surface area contributed by atoms with Gasteiger partial charge in [-0.15, -0.1) is 0 Å². The Morgan fingerprint density at radius 3 is 2.47 bits per heavy atom. The van der Waals surface area contributed by atoms with E-state index in [1.165, 1.54) is 5.06 Å². The van der Waals surface area contributed by atoms with E-state index >= 15 is 0 Å². The summed E-state index contributed by atoms with van der Waals surface area (Å²) >= 11 is 11.9. The quantitative estimate of drug-likeness (QED) is 0.781. The van der Waals surface area contributed by atoms with Crippen molar-refractivity contribution in [3.05, 3.63) is 28.2 Å². The molecule has 0 N–H and O–H groups in total. The monoisotopic (exact) mass is 273 g/mol. The summed E-state index contributed by atoms with van der Waals surface area (Å²) in [5.74, 6) is -0.103. The zero-order valence-electron chi connectivity index (χ0n) is 9.83. The van der Waals surface area contributed by atoms with Gasteiger partial charge in [0.1, 0.15) is 0 Å². The number of benzene rings is 1. The second-order valence-electron chi connectivity index (χ2n) is 4.66. The molecule has 0 radical (unpaired) electrons. The minimum atomic E-state index is -0.553. The van der Waals surface area contributed by atoms with E-state index in [2.05, 4.69) is 0 Å². The second kappa shape index (κ2) is 4.16. The first kappa shape index (κ1) is 12.7. The van der Waals surface area contributed by atoms with Crippen molar-refractivity contribution in [1.29, 1.82) is 0 Å². The molecule has 1 atom stereocenters. The molecule has 1 unspecified atom stereocenters. The molecule has 1 saturated heterocycles. The van der Waals surface area contributed by atoms with Crippen LogP contribution in [-0.4, -0.2) is 12.0 Å². The Balaban J connectivity index is 2.40. The number of hydroxylamine groups is 1. The van der Waals surface area contributed by atoms with Crippen LogP contribution in [0.3, 0.4) is 0 Å². The minimum Gasteiger partial charge on any atom is -0.271 e. The molecule has 0 spiro atoms. The predicted molar refractivity (Wildman–Crippen MR) is 68.3 cm³/mol. The van der Waals surface area contributed by atoms with Crippen LogP contribution in [0.15, 0.2) is 18.2 Å². The van der Waals surface area contributed by atoms with E-state index in [9.17, 15) is 4.79 Å². The fourth-order valence-electron chi connectivity index (χ4n) is 1.59. The largest absolute Gasteiger partial charge is 0.271 e. The third-order valence-corrected chi connectivity index (χ3v) is 3.68. The number of anilines is 1. The van der Waals surface area contributed by atoms with Crippen molar-refractivity contribution in [1.82, 2.24) is 0 Å². The summed E-state index contributed by atoms with van der Waals surface area (Å²) in [5.41, 5.74) is -0.0262. The van der Waals surface area contributed by atoms with Crippen LogP contribution in [0.1, 0.15) is 20.8 Å². The molecule has 17 heavy (non-hydrogen) atoms.